The van der Waals surface area contributed by atoms with Crippen LogP contribution >= 0.6 is 11.3 Å². The number of aryl methyl sites for hydroxylation is 2. The molecule has 0 bridgehead atoms. The number of fused-ring (bicyclic) bond motifs is 1. The molecular weight excluding hydrogens is 578 g/mol. The monoisotopic (exact) mass is 615 g/mol. The summed E-state index contributed by atoms with van der Waals surface area (Å²) < 4.78 is 7.11. The number of thiazole rings is 1. The summed E-state index contributed by atoms with van der Waals surface area (Å²) >= 11 is 1.63. The first-order valence-electron chi connectivity index (χ1n) is 14.3. The molecule has 5 rings (SSSR count). The third-order valence-electron chi connectivity index (χ3n) is 7.93. The van der Waals surface area contributed by atoms with Crippen molar-refractivity contribution in [3.8, 4) is 0 Å². The summed E-state index contributed by atoms with van der Waals surface area (Å²) in [6.45, 7) is 5.10. The molecule has 5 N–H and O–H groups in total. The second-order valence-electron chi connectivity index (χ2n) is 11.2. The number of piperazine rings is 1. The minimum absolute atomic E-state index is 0.137. The lowest BCUT2D eigenvalue weighted by Crippen LogP contribution is -2.65. The summed E-state index contributed by atoms with van der Waals surface area (Å²) in [6, 6.07) is 3.72. The highest BCUT2D eigenvalue weighted by Crippen LogP contribution is 2.27. The first kappa shape index (κ1) is 31.2. The van der Waals surface area contributed by atoms with Gasteiger partial charge in [0.15, 0.2) is 0 Å². The summed E-state index contributed by atoms with van der Waals surface area (Å²) in [7, 11) is 0. The van der Waals surface area contributed by atoms with Crippen molar-refractivity contribution >= 4 is 34.8 Å². The number of rotatable bonds is 9. The van der Waals surface area contributed by atoms with Gasteiger partial charge in [0.2, 0.25) is 0 Å². The molecule has 0 aromatic carbocycles. The summed E-state index contributed by atoms with van der Waals surface area (Å²) in [5.74, 6) is -0.487. The molecule has 3 aromatic rings. The number of nitrogens with zero attached hydrogens (tertiary/aromatic N) is 5. The number of anilines is 1. The van der Waals surface area contributed by atoms with Crippen molar-refractivity contribution in [2.45, 2.75) is 63.3 Å². The van der Waals surface area contributed by atoms with E-state index in [4.69, 9.17) is 14.7 Å². The fourth-order valence-corrected chi connectivity index (χ4v) is 6.37. The molecule has 43 heavy (non-hydrogen) atoms. The van der Waals surface area contributed by atoms with E-state index in [-0.39, 0.29) is 5.56 Å². The average molecular weight is 616 g/mol. The van der Waals surface area contributed by atoms with Crippen LogP contribution in [0.4, 0.5) is 5.82 Å². The number of aliphatic hydroxyl groups excluding tert-OH is 4. The molecule has 3 aromatic heterocycles. The Balaban J connectivity index is 1.39. The van der Waals surface area contributed by atoms with Gasteiger partial charge < -0.3 is 35.2 Å². The Hall–Kier alpha value is -3.24. The van der Waals surface area contributed by atoms with Crippen LogP contribution in [0.2, 0.25) is 0 Å². The van der Waals surface area contributed by atoms with Gasteiger partial charge in [-0.25, -0.2) is 14.8 Å². The molecule has 2 aliphatic rings. The lowest BCUT2D eigenvalue weighted by molar-refractivity contribution is -0.265. The molecule has 0 radical (unpaired) electrons. The minimum atomic E-state index is -1.48. The third-order valence-corrected chi connectivity index (χ3v) is 8.86. The number of carbonyl (C=O) groups is 1. The number of carboxylic acids is 1. The van der Waals surface area contributed by atoms with Crippen LogP contribution in [0.3, 0.4) is 0 Å². The zero-order valence-electron chi connectivity index (χ0n) is 24.0. The topological polar surface area (TPSA) is 181 Å². The van der Waals surface area contributed by atoms with Crippen molar-refractivity contribution in [2.24, 2.45) is 0 Å². The maximum Gasteiger partial charge on any atom is 0.328 e. The Labute approximate surface area is 251 Å². The van der Waals surface area contributed by atoms with E-state index in [1.165, 1.54) is 10.5 Å². The van der Waals surface area contributed by atoms with Gasteiger partial charge in [-0.15, -0.1) is 11.3 Å². The summed E-state index contributed by atoms with van der Waals surface area (Å²) in [6.07, 6.45) is -0.990. The zero-order valence-corrected chi connectivity index (χ0v) is 24.8. The van der Waals surface area contributed by atoms with E-state index in [1.807, 2.05) is 17.0 Å². The molecule has 14 heteroatoms. The smallest absolute Gasteiger partial charge is 0.328 e. The molecule has 0 spiro atoms. The number of pyridine rings is 1. The molecular formula is C29H37N5O8S. The lowest BCUT2D eigenvalue weighted by atomic mass is 9.97. The van der Waals surface area contributed by atoms with Crippen LogP contribution in [-0.2, 0) is 22.4 Å². The number of aliphatic carboxylic acids is 1. The molecule has 5 heterocycles. The number of hydrogen-bond donors (Lipinski definition) is 5. The van der Waals surface area contributed by atoms with Gasteiger partial charge in [-0.3, -0.25) is 14.1 Å². The fourth-order valence-electron chi connectivity index (χ4n) is 5.41. The summed E-state index contributed by atoms with van der Waals surface area (Å²) in [4.78, 5) is 38.1. The van der Waals surface area contributed by atoms with Crippen molar-refractivity contribution in [3.05, 3.63) is 62.0 Å². The molecule has 2 saturated heterocycles. The van der Waals surface area contributed by atoms with E-state index in [0.717, 1.165) is 28.8 Å². The Morgan fingerprint density at radius 1 is 1.12 bits per heavy atom. The Morgan fingerprint density at radius 2 is 1.86 bits per heavy atom. The highest BCUT2D eigenvalue weighted by Gasteiger charge is 2.46. The van der Waals surface area contributed by atoms with Crippen LogP contribution in [0.25, 0.3) is 11.7 Å². The van der Waals surface area contributed by atoms with Gasteiger partial charge in [-0.2, -0.15) is 0 Å². The van der Waals surface area contributed by atoms with E-state index in [0.29, 0.717) is 50.0 Å². The second-order valence-corrected chi connectivity index (χ2v) is 12.1. The Morgan fingerprint density at radius 3 is 2.51 bits per heavy atom. The van der Waals surface area contributed by atoms with Crippen LogP contribution < -0.4 is 10.5 Å². The molecule has 0 amide bonds. The van der Waals surface area contributed by atoms with Gasteiger partial charge in [-0.1, -0.05) is 13.8 Å². The molecule has 2 fully saturated rings. The summed E-state index contributed by atoms with van der Waals surface area (Å²) in [5, 5.41) is 52.8. The maximum atomic E-state index is 13.6. The Bertz CT molecular complexity index is 1530. The van der Waals surface area contributed by atoms with Crippen LogP contribution in [0, 0.1) is 0 Å². The number of carboxylic acid groups (broad SMARTS) is 1. The van der Waals surface area contributed by atoms with E-state index in [1.54, 1.807) is 22.4 Å². The van der Waals surface area contributed by atoms with Crippen LogP contribution in [-0.4, -0.2) is 114 Å². The number of aliphatic hydroxyl groups is 4. The van der Waals surface area contributed by atoms with E-state index < -0.39 is 48.8 Å². The molecule has 232 valence electrons. The fraction of sp³-hybridized carbons (Fsp3) is 0.517. The minimum Gasteiger partial charge on any atom is -0.478 e. The summed E-state index contributed by atoms with van der Waals surface area (Å²) in [5.41, 5.74) is 2.23. The maximum absolute atomic E-state index is 13.6. The predicted molar refractivity (Wildman–Crippen MR) is 159 cm³/mol. The van der Waals surface area contributed by atoms with Gasteiger partial charge >= 0.3 is 5.97 Å². The molecule has 0 aliphatic carbocycles. The molecule has 2 aliphatic heterocycles. The van der Waals surface area contributed by atoms with Crippen molar-refractivity contribution < 1.29 is 35.1 Å². The molecule has 0 saturated carbocycles. The highest BCUT2D eigenvalue weighted by molar-refractivity contribution is 7.09. The number of aromatic nitrogens is 3. The van der Waals surface area contributed by atoms with Gasteiger partial charge in [-0.05, 0) is 36.1 Å². The third kappa shape index (κ3) is 6.65. The quantitative estimate of drug-likeness (QED) is 0.205. The van der Waals surface area contributed by atoms with Crippen molar-refractivity contribution in [3.63, 3.8) is 0 Å². The lowest BCUT2D eigenvalue weighted by Gasteiger charge is -2.47. The van der Waals surface area contributed by atoms with Gasteiger partial charge in [0.05, 0.1) is 22.9 Å². The van der Waals surface area contributed by atoms with Crippen LogP contribution in [0.5, 0.6) is 0 Å². The largest absolute Gasteiger partial charge is 0.478 e. The molecule has 5 atom stereocenters. The van der Waals surface area contributed by atoms with Crippen molar-refractivity contribution in [2.75, 3.05) is 37.7 Å². The first-order valence-corrected chi connectivity index (χ1v) is 15.2. The molecule has 0 unspecified atom stereocenters. The van der Waals surface area contributed by atoms with Gasteiger partial charge in [0, 0.05) is 50.3 Å². The molecule has 13 nitrogen and oxygen atoms in total. The first-order chi connectivity index (χ1) is 20.6. The van der Waals surface area contributed by atoms with E-state index >= 15 is 0 Å². The average Bonchev–Trinajstić information content (AvgIpc) is 3.48. The van der Waals surface area contributed by atoms with Gasteiger partial charge in [0.1, 0.15) is 42.1 Å². The van der Waals surface area contributed by atoms with Crippen molar-refractivity contribution in [1.82, 2.24) is 19.3 Å². The zero-order chi connectivity index (χ0) is 30.8. The SMILES string of the molecule is CC(C)c1csc(CCc2ccn3c(=O)c(C=CC(=O)O)c(N4CCN([C@@H]5O[C@H](CO)[C@@H](O)[C@H](O)[C@H]5O)CC4)nc3c2)n1. The number of ether oxygens (including phenoxy) is 1. The number of hydrogen-bond acceptors (Lipinski definition) is 12. The van der Waals surface area contributed by atoms with Crippen LogP contribution in [0.15, 0.2) is 34.6 Å². The van der Waals surface area contributed by atoms with E-state index in [2.05, 4.69) is 19.2 Å². The second kappa shape index (κ2) is 13.2. The van der Waals surface area contributed by atoms with Crippen molar-refractivity contribution in [1.29, 1.82) is 0 Å². The van der Waals surface area contributed by atoms with E-state index in [9.17, 15) is 35.1 Å². The Kier molecular flexibility index (Phi) is 9.56. The normalized spacial score (nSPS) is 25.3. The van der Waals surface area contributed by atoms with Crippen LogP contribution in [0.1, 0.15) is 41.6 Å². The standard InChI is InChI=1S/C29H37N5O8S/c1-16(2)19-15-43-22(30-19)5-3-17-7-8-34-21(13-17)31-27(18(28(34)41)4-6-23(36)37)32-9-11-33(12-10-32)29-26(40)25(39)24(38)20(14-35)42-29/h4,6-8,13,15-16,20,24-26,29,35,38-40H,3,5,9-12,14H2,1-2H3,(H,36,37)/t20-,24-,25+,26-,29-/m1/s1. The predicted octanol–water partition coefficient (Wildman–Crippen LogP) is 0.0793. The highest BCUT2D eigenvalue weighted by atomic mass is 32.1. The van der Waals surface area contributed by atoms with Gasteiger partial charge in [0.25, 0.3) is 5.56 Å².